The monoisotopic (exact) mass is 375 g/mol. The SMILES string of the molecule is CC(=O)c1ccc(F)nc1.Cc1ccncc1Nc1ccc(Cl)cc1F. The van der Waals surface area contributed by atoms with Crippen molar-refractivity contribution in [1.29, 1.82) is 0 Å². The smallest absolute Gasteiger partial charge is 0.212 e. The molecular formula is C19H16ClF2N3O. The fourth-order valence-electron chi connectivity index (χ4n) is 1.91. The van der Waals surface area contributed by atoms with Crippen molar-refractivity contribution in [3.05, 3.63) is 82.9 Å². The zero-order chi connectivity index (χ0) is 19.1. The molecule has 0 amide bonds. The first-order chi connectivity index (χ1) is 12.4. The number of carbonyl (C=O) groups excluding carboxylic acids is 1. The van der Waals surface area contributed by atoms with Gasteiger partial charge in [0.05, 0.1) is 17.6 Å². The lowest BCUT2D eigenvalue weighted by Gasteiger charge is -2.09. The Bertz CT molecular complexity index is 902. The highest BCUT2D eigenvalue weighted by Crippen LogP contribution is 2.24. The van der Waals surface area contributed by atoms with Crippen molar-refractivity contribution in [2.24, 2.45) is 0 Å². The number of hydrogen-bond acceptors (Lipinski definition) is 4. The van der Waals surface area contributed by atoms with Crippen molar-refractivity contribution in [2.75, 3.05) is 5.32 Å². The summed E-state index contributed by atoms with van der Waals surface area (Å²) >= 11 is 5.67. The number of aromatic nitrogens is 2. The molecule has 0 aliphatic heterocycles. The molecule has 0 saturated carbocycles. The van der Waals surface area contributed by atoms with Crippen LogP contribution in [0.2, 0.25) is 5.02 Å². The molecule has 3 aromatic rings. The van der Waals surface area contributed by atoms with Crippen molar-refractivity contribution in [3.8, 4) is 0 Å². The normalized spacial score (nSPS) is 9.88. The number of halogens is 3. The molecular weight excluding hydrogens is 360 g/mol. The van der Waals surface area contributed by atoms with Gasteiger partial charge in [-0.15, -0.1) is 0 Å². The van der Waals surface area contributed by atoms with Gasteiger partial charge in [-0.3, -0.25) is 9.78 Å². The van der Waals surface area contributed by atoms with Gasteiger partial charge in [-0.1, -0.05) is 11.6 Å². The van der Waals surface area contributed by atoms with Crippen LogP contribution in [0.3, 0.4) is 0 Å². The minimum atomic E-state index is -0.565. The zero-order valence-corrected chi connectivity index (χ0v) is 14.9. The van der Waals surface area contributed by atoms with Crippen LogP contribution in [0.1, 0.15) is 22.8 Å². The Balaban J connectivity index is 0.000000209. The van der Waals surface area contributed by atoms with E-state index in [4.69, 9.17) is 11.6 Å². The summed E-state index contributed by atoms with van der Waals surface area (Å²) in [6.45, 7) is 3.34. The molecule has 1 aromatic carbocycles. The summed E-state index contributed by atoms with van der Waals surface area (Å²) in [4.78, 5) is 17.9. The predicted molar refractivity (Wildman–Crippen MR) is 97.9 cm³/mol. The standard InChI is InChI=1S/C12H10ClFN2.C7H6FNO/c1-8-4-5-15-7-12(8)16-11-3-2-9(13)6-10(11)14;1-5(10)6-2-3-7(8)9-4-6/h2-7,16H,1H3;2-4H,1H3. The van der Waals surface area contributed by atoms with Gasteiger partial charge in [-0.2, -0.15) is 4.39 Å². The van der Waals surface area contributed by atoms with Gasteiger partial charge in [0.25, 0.3) is 0 Å². The van der Waals surface area contributed by atoms with Crippen LogP contribution in [-0.4, -0.2) is 15.8 Å². The van der Waals surface area contributed by atoms with Crippen molar-refractivity contribution in [3.63, 3.8) is 0 Å². The van der Waals surface area contributed by atoms with Gasteiger partial charge < -0.3 is 5.32 Å². The minimum absolute atomic E-state index is 0.104. The lowest BCUT2D eigenvalue weighted by atomic mass is 10.2. The summed E-state index contributed by atoms with van der Waals surface area (Å²) in [6, 6.07) is 8.94. The third-order valence-corrected chi connectivity index (χ3v) is 3.61. The van der Waals surface area contributed by atoms with E-state index in [-0.39, 0.29) is 11.6 Å². The van der Waals surface area contributed by atoms with Crippen LogP contribution in [0, 0.1) is 18.7 Å². The maximum atomic E-state index is 13.5. The first-order valence-electron chi connectivity index (χ1n) is 7.62. The number of nitrogens with one attached hydrogen (secondary N) is 1. The highest BCUT2D eigenvalue weighted by molar-refractivity contribution is 6.30. The molecule has 4 nitrogen and oxygen atoms in total. The fraction of sp³-hybridized carbons (Fsp3) is 0.105. The van der Waals surface area contributed by atoms with E-state index in [2.05, 4.69) is 15.3 Å². The third kappa shape index (κ3) is 5.60. The average molecular weight is 376 g/mol. The molecule has 2 heterocycles. The Labute approximate surface area is 154 Å². The van der Waals surface area contributed by atoms with Crippen LogP contribution in [0.5, 0.6) is 0 Å². The Morgan fingerprint density at radius 2 is 1.85 bits per heavy atom. The number of rotatable bonds is 3. The first-order valence-corrected chi connectivity index (χ1v) is 8.00. The second kappa shape index (κ2) is 9.01. The molecule has 0 unspecified atom stereocenters. The molecule has 0 saturated heterocycles. The molecule has 0 aliphatic carbocycles. The van der Waals surface area contributed by atoms with E-state index < -0.39 is 5.95 Å². The van der Waals surface area contributed by atoms with Crippen LogP contribution in [-0.2, 0) is 0 Å². The van der Waals surface area contributed by atoms with E-state index in [0.717, 1.165) is 17.3 Å². The molecule has 3 rings (SSSR count). The third-order valence-electron chi connectivity index (χ3n) is 3.37. The van der Waals surface area contributed by atoms with Gasteiger partial charge >= 0.3 is 0 Å². The van der Waals surface area contributed by atoms with Crippen LogP contribution in [0.25, 0.3) is 0 Å². The van der Waals surface area contributed by atoms with E-state index in [1.807, 2.05) is 13.0 Å². The molecule has 0 radical (unpaired) electrons. The van der Waals surface area contributed by atoms with Gasteiger partial charge in [0, 0.05) is 23.0 Å². The highest BCUT2D eigenvalue weighted by atomic mass is 35.5. The number of Topliss-reactive ketones (excluding diaryl/α,β-unsaturated/α-hetero) is 1. The molecule has 0 aliphatic rings. The number of ketones is 1. The Kier molecular flexibility index (Phi) is 6.74. The van der Waals surface area contributed by atoms with Crippen molar-refractivity contribution in [2.45, 2.75) is 13.8 Å². The van der Waals surface area contributed by atoms with Crippen LogP contribution in [0.15, 0.2) is 55.0 Å². The Morgan fingerprint density at radius 3 is 2.42 bits per heavy atom. The van der Waals surface area contributed by atoms with E-state index >= 15 is 0 Å². The lowest BCUT2D eigenvalue weighted by molar-refractivity contribution is 0.101. The molecule has 0 atom stereocenters. The molecule has 0 fully saturated rings. The van der Waals surface area contributed by atoms with Crippen molar-refractivity contribution >= 4 is 28.8 Å². The summed E-state index contributed by atoms with van der Waals surface area (Å²) in [5, 5.41) is 3.35. The molecule has 7 heteroatoms. The lowest BCUT2D eigenvalue weighted by Crippen LogP contribution is -1.96. The van der Waals surface area contributed by atoms with Crippen LogP contribution in [0.4, 0.5) is 20.2 Å². The number of pyridine rings is 2. The van der Waals surface area contributed by atoms with Gasteiger partial charge in [-0.05, 0) is 55.8 Å². The summed E-state index contributed by atoms with van der Waals surface area (Å²) in [7, 11) is 0. The maximum absolute atomic E-state index is 13.5. The highest BCUT2D eigenvalue weighted by Gasteiger charge is 2.04. The predicted octanol–water partition coefficient (Wildman–Crippen LogP) is 5.35. The van der Waals surface area contributed by atoms with E-state index in [1.165, 1.54) is 25.3 Å². The second-order valence-corrected chi connectivity index (χ2v) is 5.80. The topological polar surface area (TPSA) is 54.9 Å². The molecule has 1 N–H and O–H groups in total. The molecule has 0 spiro atoms. The van der Waals surface area contributed by atoms with Crippen LogP contribution >= 0.6 is 11.6 Å². The van der Waals surface area contributed by atoms with Crippen LogP contribution < -0.4 is 5.32 Å². The maximum Gasteiger partial charge on any atom is 0.212 e. The van der Waals surface area contributed by atoms with E-state index in [9.17, 15) is 13.6 Å². The van der Waals surface area contributed by atoms with Gasteiger partial charge in [0.2, 0.25) is 5.95 Å². The van der Waals surface area contributed by atoms with E-state index in [0.29, 0.717) is 16.3 Å². The zero-order valence-electron chi connectivity index (χ0n) is 14.1. The van der Waals surface area contributed by atoms with Crippen molar-refractivity contribution in [1.82, 2.24) is 9.97 Å². The fourth-order valence-corrected chi connectivity index (χ4v) is 2.07. The minimum Gasteiger partial charge on any atom is -0.352 e. The number of anilines is 2. The van der Waals surface area contributed by atoms with Crippen molar-refractivity contribution < 1.29 is 13.6 Å². The van der Waals surface area contributed by atoms with Gasteiger partial charge in [-0.25, -0.2) is 9.37 Å². The molecule has 0 bridgehead atoms. The number of carbonyl (C=O) groups is 1. The van der Waals surface area contributed by atoms with E-state index in [1.54, 1.807) is 24.5 Å². The second-order valence-electron chi connectivity index (χ2n) is 5.37. The Morgan fingerprint density at radius 1 is 1.08 bits per heavy atom. The summed E-state index contributed by atoms with van der Waals surface area (Å²) in [6.07, 6.45) is 4.57. The quantitative estimate of drug-likeness (QED) is 0.495. The summed E-state index contributed by atoms with van der Waals surface area (Å²) < 4.78 is 25.6. The summed E-state index contributed by atoms with van der Waals surface area (Å²) in [5.74, 6) is -1.05. The number of benzene rings is 1. The average Bonchev–Trinajstić information content (AvgIpc) is 2.60. The Hall–Kier alpha value is -2.86. The number of aryl methyl sites for hydroxylation is 1. The first kappa shape index (κ1) is 19.5. The molecule has 134 valence electrons. The van der Waals surface area contributed by atoms with Gasteiger partial charge in [0.15, 0.2) is 5.78 Å². The number of nitrogens with zero attached hydrogens (tertiary/aromatic N) is 2. The largest absolute Gasteiger partial charge is 0.352 e. The van der Waals surface area contributed by atoms with Gasteiger partial charge in [0.1, 0.15) is 5.82 Å². The molecule has 2 aromatic heterocycles. The molecule has 26 heavy (non-hydrogen) atoms. The summed E-state index contributed by atoms with van der Waals surface area (Å²) in [5.41, 5.74) is 2.61. The number of hydrogen-bond donors (Lipinski definition) is 1.